The summed E-state index contributed by atoms with van der Waals surface area (Å²) in [5.41, 5.74) is -3.03. The molecule has 20 heteroatoms. The molecule has 2 aliphatic carbocycles. The minimum Gasteiger partial charge on any atom is -0.507 e. The molecule has 20 nitrogen and oxygen atoms in total. The smallest absolute Gasteiger partial charge is 0.322 e. The summed E-state index contributed by atoms with van der Waals surface area (Å²) in [6.45, 7) is 1.42. The minimum absolute atomic E-state index is 0.0111. The molecule has 7 rings (SSSR count). The number of carboxylic acid groups (broad SMARTS) is 1. The zero-order chi connectivity index (χ0) is 43.1. The summed E-state index contributed by atoms with van der Waals surface area (Å²) in [7, 11) is 3.26. The number of aliphatic hydroxyl groups is 6. The number of aliphatic hydroxyl groups excluding tert-OH is 6. The number of hydrogen-bond donors (Lipinski definition) is 11. The Bertz CT molecular complexity index is 2260. The van der Waals surface area contributed by atoms with Gasteiger partial charge in [0.25, 0.3) is 5.91 Å². The number of carboxylic acids is 1. The molecule has 11 atom stereocenters. The van der Waals surface area contributed by atoms with Gasteiger partial charge in [-0.25, -0.2) is 0 Å². The molecule has 0 aromatic heterocycles. The largest absolute Gasteiger partial charge is 0.507 e. The van der Waals surface area contributed by atoms with Gasteiger partial charge in [0, 0.05) is 48.1 Å². The first-order valence-corrected chi connectivity index (χ1v) is 18.3. The van der Waals surface area contributed by atoms with E-state index in [0.29, 0.717) is 5.69 Å². The first kappa shape index (κ1) is 41.9. The third kappa shape index (κ3) is 6.85. The lowest BCUT2D eigenvalue weighted by molar-refractivity contribution is -0.353. The van der Waals surface area contributed by atoms with Crippen molar-refractivity contribution in [1.29, 1.82) is 0 Å². The van der Waals surface area contributed by atoms with Gasteiger partial charge in [-0.15, -0.1) is 0 Å². The molecule has 3 aromatic rings. The lowest BCUT2D eigenvalue weighted by Crippen LogP contribution is -2.62. The maximum absolute atomic E-state index is 14.2. The average Bonchev–Trinajstić information content (AvgIpc) is 3.17. The van der Waals surface area contributed by atoms with Gasteiger partial charge < -0.3 is 80.2 Å². The SMILES string of the molecule is Cc1cc2c(c(O)c1C(=O)NCC(=O)O)-c1c(cc3c(c1O)C(=O)c1cc(N(C)C)cc(O)c1C3=O)[C@H](O)[C@H]2O[C@@H]1O[C@H](C)[C@H](O)[C@H](O[C@@H]2OC[C@@H](O)[C@H](O)[C@H]2O)[C@H]1O. The van der Waals surface area contributed by atoms with Gasteiger partial charge in [0.15, 0.2) is 24.1 Å². The summed E-state index contributed by atoms with van der Waals surface area (Å²) in [6, 6.07) is 4.92. The number of fused-ring (bicyclic) bond motifs is 5. The van der Waals surface area contributed by atoms with Crippen LogP contribution in [0.3, 0.4) is 0 Å². The van der Waals surface area contributed by atoms with E-state index in [9.17, 15) is 70.2 Å². The van der Waals surface area contributed by atoms with Gasteiger partial charge >= 0.3 is 5.97 Å². The fraction of sp³-hybridized carbons (Fsp3) is 0.436. The molecular formula is C39H42N2O18. The summed E-state index contributed by atoms with van der Waals surface area (Å²) in [5.74, 6) is -6.58. The number of carbonyl (C=O) groups excluding carboxylic acids is 3. The zero-order valence-electron chi connectivity index (χ0n) is 31.8. The van der Waals surface area contributed by atoms with Crippen LogP contribution in [0, 0.1) is 6.92 Å². The number of anilines is 1. The number of hydrogen-bond acceptors (Lipinski definition) is 18. The second-order valence-corrected chi connectivity index (χ2v) is 15.1. The van der Waals surface area contributed by atoms with Crippen molar-refractivity contribution in [2.75, 3.05) is 32.1 Å². The molecule has 2 saturated heterocycles. The van der Waals surface area contributed by atoms with Crippen LogP contribution < -0.4 is 10.2 Å². The Hall–Kier alpha value is -5.26. The highest BCUT2D eigenvalue weighted by molar-refractivity contribution is 6.31. The van der Waals surface area contributed by atoms with Gasteiger partial charge in [-0.05, 0) is 42.7 Å². The molecule has 0 spiro atoms. The number of nitrogens with zero attached hydrogens (tertiary/aromatic N) is 1. The number of phenolic OH excluding ortho intramolecular Hbond substituents is 3. The van der Waals surface area contributed by atoms with E-state index < -0.39 is 149 Å². The third-order valence-electron chi connectivity index (χ3n) is 11.0. The number of ketones is 2. The number of rotatable bonds is 8. The Labute approximate surface area is 334 Å². The predicted octanol–water partition coefficient (Wildman–Crippen LogP) is -1.17. The summed E-state index contributed by atoms with van der Waals surface area (Å²) >= 11 is 0. The van der Waals surface area contributed by atoms with Crippen molar-refractivity contribution in [3.05, 3.63) is 68.8 Å². The number of carbonyl (C=O) groups is 4. The molecule has 3 aromatic carbocycles. The van der Waals surface area contributed by atoms with Gasteiger partial charge in [0.2, 0.25) is 0 Å². The quantitative estimate of drug-likeness (QED) is 0.0997. The lowest BCUT2D eigenvalue weighted by Gasteiger charge is -2.45. The van der Waals surface area contributed by atoms with Crippen molar-refractivity contribution in [2.24, 2.45) is 0 Å². The van der Waals surface area contributed by atoms with Crippen LogP contribution >= 0.6 is 0 Å². The lowest BCUT2D eigenvalue weighted by atomic mass is 9.74. The van der Waals surface area contributed by atoms with E-state index >= 15 is 0 Å². The van der Waals surface area contributed by atoms with Crippen LogP contribution in [0.5, 0.6) is 17.2 Å². The molecule has 0 bridgehead atoms. The Morgan fingerprint density at radius 3 is 2.10 bits per heavy atom. The number of aromatic hydroxyl groups is 3. The van der Waals surface area contributed by atoms with Gasteiger partial charge in [-0.2, -0.15) is 0 Å². The summed E-state index contributed by atoms with van der Waals surface area (Å²) in [6.07, 6.45) is -18.5. The molecule has 4 aliphatic rings. The Kier molecular flexibility index (Phi) is 10.9. The van der Waals surface area contributed by atoms with Crippen LogP contribution in [0.2, 0.25) is 0 Å². The maximum atomic E-state index is 14.2. The van der Waals surface area contributed by atoms with E-state index in [1.165, 1.54) is 32.0 Å². The van der Waals surface area contributed by atoms with Crippen molar-refractivity contribution in [3.63, 3.8) is 0 Å². The molecule has 0 saturated carbocycles. The highest BCUT2D eigenvalue weighted by Gasteiger charge is 2.51. The molecule has 2 aliphatic heterocycles. The number of benzene rings is 3. The zero-order valence-corrected chi connectivity index (χ0v) is 31.8. The summed E-state index contributed by atoms with van der Waals surface area (Å²) in [4.78, 5) is 54.4. The van der Waals surface area contributed by atoms with Crippen LogP contribution in [0.25, 0.3) is 11.1 Å². The molecule has 11 N–H and O–H groups in total. The van der Waals surface area contributed by atoms with Gasteiger partial charge in [-0.1, -0.05) is 6.07 Å². The standard InChI is InChI=1S/C39H42N2O18/c1-11-5-17-24(31(51)21(11)37(55)40-9-20(44)45)23-15(8-16-25(32(23)52)28(48)14-6-13(41(3)4)7-18(42)22(14)27(16)47)29(49)35(17)58-39-34(54)36(26(46)12(2)57-39)59-38-33(53)30(50)19(43)10-56-38/h5-8,12,19,26,29-30,33-36,38-39,42-43,46,49-54H,9-10H2,1-4H3,(H,40,55)(H,44,45)/t12-,19-,26+,29+,30+,33-,34-,35+,36+,38+,39+/m1/s1. The molecule has 0 radical (unpaired) electrons. The van der Waals surface area contributed by atoms with E-state index in [4.69, 9.17) is 18.9 Å². The van der Waals surface area contributed by atoms with E-state index in [2.05, 4.69) is 5.32 Å². The van der Waals surface area contributed by atoms with E-state index in [1.807, 2.05) is 0 Å². The van der Waals surface area contributed by atoms with E-state index in [-0.39, 0.29) is 27.8 Å². The third-order valence-corrected chi connectivity index (χ3v) is 11.0. The highest BCUT2D eigenvalue weighted by atomic mass is 16.7. The highest BCUT2D eigenvalue weighted by Crippen LogP contribution is 2.57. The molecule has 1 amide bonds. The van der Waals surface area contributed by atoms with Crippen LogP contribution in [-0.2, 0) is 23.7 Å². The number of phenols is 3. The van der Waals surface area contributed by atoms with Crippen LogP contribution in [0.1, 0.15) is 78.0 Å². The Balaban J connectivity index is 1.36. The Morgan fingerprint density at radius 1 is 0.797 bits per heavy atom. The fourth-order valence-corrected chi connectivity index (χ4v) is 7.94. The molecule has 0 unspecified atom stereocenters. The monoisotopic (exact) mass is 826 g/mol. The molecule has 2 fully saturated rings. The van der Waals surface area contributed by atoms with Crippen molar-refractivity contribution in [1.82, 2.24) is 5.32 Å². The van der Waals surface area contributed by atoms with Crippen molar-refractivity contribution in [2.45, 2.75) is 81.4 Å². The number of aryl methyl sites for hydroxylation is 1. The first-order chi connectivity index (χ1) is 27.7. The summed E-state index contributed by atoms with van der Waals surface area (Å²) < 4.78 is 23.0. The van der Waals surface area contributed by atoms with Crippen LogP contribution in [0.4, 0.5) is 5.69 Å². The maximum Gasteiger partial charge on any atom is 0.322 e. The van der Waals surface area contributed by atoms with Gasteiger partial charge in [0.05, 0.1) is 29.4 Å². The number of amides is 1. The topological polar surface area (TPSA) is 323 Å². The van der Waals surface area contributed by atoms with E-state index in [1.54, 1.807) is 19.0 Å². The second-order valence-electron chi connectivity index (χ2n) is 15.1. The van der Waals surface area contributed by atoms with Crippen molar-refractivity contribution >= 4 is 29.1 Å². The Morgan fingerprint density at radius 2 is 1.44 bits per heavy atom. The van der Waals surface area contributed by atoms with Gasteiger partial charge in [0.1, 0.15) is 72.6 Å². The van der Waals surface area contributed by atoms with Crippen LogP contribution in [0.15, 0.2) is 24.3 Å². The molecule has 59 heavy (non-hydrogen) atoms. The second kappa shape index (κ2) is 15.4. The van der Waals surface area contributed by atoms with Crippen LogP contribution in [-0.4, -0.2) is 157 Å². The van der Waals surface area contributed by atoms with Gasteiger partial charge in [-0.3, -0.25) is 19.2 Å². The summed E-state index contributed by atoms with van der Waals surface area (Å²) in [5, 5.41) is 111. The van der Waals surface area contributed by atoms with Crippen molar-refractivity contribution in [3.8, 4) is 28.4 Å². The normalized spacial score (nSPS) is 29.8. The first-order valence-electron chi connectivity index (χ1n) is 18.3. The van der Waals surface area contributed by atoms with E-state index in [0.717, 1.165) is 6.07 Å². The number of ether oxygens (including phenoxy) is 4. The minimum atomic E-state index is -1.95. The molecular weight excluding hydrogens is 784 g/mol. The average molecular weight is 827 g/mol. The fourth-order valence-electron chi connectivity index (χ4n) is 7.94. The predicted molar refractivity (Wildman–Crippen MR) is 197 cm³/mol. The molecule has 316 valence electrons. The van der Waals surface area contributed by atoms with Crippen molar-refractivity contribution < 1.29 is 89.2 Å². The molecule has 2 heterocycles. The number of nitrogens with one attached hydrogen (secondary N) is 1. The number of aliphatic carboxylic acids is 1.